The third kappa shape index (κ3) is 4.08. The minimum Gasteiger partial charge on any atom is -0.497 e. The second-order valence-corrected chi connectivity index (χ2v) is 7.37. The maximum atomic E-state index is 10.7. The molecule has 150 valence electrons. The van der Waals surface area contributed by atoms with E-state index in [9.17, 15) is 5.11 Å². The standard InChI is InChI=1S/C25H27NO3/c1-3-6-18-9-14-25-23(15-18)22-7-4-5-8-24(22)26(25)16-19(27)17-29-21-12-10-20(28-2)11-13-21/h4-5,7-15,19,27H,3,6,16-17H2,1-2H3. The molecule has 1 heterocycles. The van der Waals surface area contributed by atoms with Crippen LogP contribution in [0, 0.1) is 0 Å². The largest absolute Gasteiger partial charge is 0.497 e. The van der Waals surface area contributed by atoms with E-state index in [4.69, 9.17) is 9.47 Å². The average Bonchev–Trinajstić information content (AvgIpc) is 3.06. The number of aliphatic hydroxyl groups excluding tert-OH is 1. The molecular weight excluding hydrogens is 362 g/mol. The molecule has 1 N–H and O–H groups in total. The Balaban J connectivity index is 1.57. The summed E-state index contributed by atoms with van der Waals surface area (Å²) < 4.78 is 13.1. The summed E-state index contributed by atoms with van der Waals surface area (Å²) in [6.45, 7) is 2.91. The summed E-state index contributed by atoms with van der Waals surface area (Å²) in [6, 6.07) is 22.5. The van der Waals surface area contributed by atoms with Crippen LogP contribution in [0.25, 0.3) is 21.8 Å². The lowest BCUT2D eigenvalue weighted by molar-refractivity contribution is 0.0945. The van der Waals surface area contributed by atoms with Crippen molar-refractivity contribution in [1.29, 1.82) is 0 Å². The van der Waals surface area contributed by atoms with Crippen LogP contribution in [-0.4, -0.2) is 29.5 Å². The van der Waals surface area contributed by atoms with Crippen LogP contribution >= 0.6 is 0 Å². The molecule has 0 saturated heterocycles. The molecule has 4 aromatic rings. The lowest BCUT2D eigenvalue weighted by Gasteiger charge is -2.15. The Morgan fingerprint density at radius 2 is 1.62 bits per heavy atom. The number of hydrogen-bond acceptors (Lipinski definition) is 3. The number of hydrogen-bond donors (Lipinski definition) is 1. The fraction of sp³-hybridized carbons (Fsp3) is 0.280. The number of rotatable bonds is 8. The summed E-state index contributed by atoms with van der Waals surface area (Å²) in [5.74, 6) is 1.50. The quantitative estimate of drug-likeness (QED) is 0.451. The van der Waals surface area contributed by atoms with Gasteiger partial charge in [-0.1, -0.05) is 37.6 Å². The Hall–Kier alpha value is -2.98. The van der Waals surface area contributed by atoms with Gasteiger partial charge in [0.2, 0.25) is 0 Å². The van der Waals surface area contributed by atoms with Gasteiger partial charge < -0.3 is 19.1 Å². The summed E-state index contributed by atoms with van der Waals surface area (Å²) >= 11 is 0. The molecule has 1 atom stereocenters. The van der Waals surface area contributed by atoms with Crippen LogP contribution in [0.3, 0.4) is 0 Å². The Kier molecular flexibility index (Phi) is 5.72. The van der Waals surface area contributed by atoms with Crippen LogP contribution in [0.4, 0.5) is 0 Å². The molecule has 0 aliphatic carbocycles. The van der Waals surface area contributed by atoms with Crippen molar-refractivity contribution in [3.63, 3.8) is 0 Å². The van der Waals surface area contributed by atoms with Crippen LogP contribution in [-0.2, 0) is 13.0 Å². The minimum absolute atomic E-state index is 0.230. The first kappa shape index (κ1) is 19.3. The van der Waals surface area contributed by atoms with Crippen molar-refractivity contribution in [2.75, 3.05) is 13.7 Å². The van der Waals surface area contributed by atoms with Gasteiger partial charge in [0.05, 0.1) is 13.7 Å². The summed E-state index contributed by atoms with van der Waals surface area (Å²) in [5.41, 5.74) is 3.64. The van der Waals surface area contributed by atoms with Gasteiger partial charge in [-0.05, 0) is 54.4 Å². The number of benzene rings is 3. The van der Waals surface area contributed by atoms with Gasteiger partial charge in [0, 0.05) is 21.8 Å². The van der Waals surface area contributed by atoms with Crippen molar-refractivity contribution in [3.8, 4) is 11.5 Å². The number of fused-ring (bicyclic) bond motifs is 3. The Bertz CT molecular complexity index is 1100. The lowest BCUT2D eigenvalue weighted by atomic mass is 10.1. The van der Waals surface area contributed by atoms with E-state index in [1.807, 2.05) is 30.3 Å². The van der Waals surface area contributed by atoms with Crippen LogP contribution in [0.2, 0.25) is 0 Å². The fourth-order valence-corrected chi connectivity index (χ4v) is 3.87. The van der Waals surface area contributed by atoms with Crippen molar-refractivity contribution in [2.45, 2.75) is 32.4 Å². The van der Waals surface area contributed by atoms with Crippen LogP contribution in [0.1, 0.15) is 18.9 Å². The molecule has 0 fully saturated rings. The van der Waals surface area contributed by atoms with Crippen LogP contribution in [0.5, 0.6) is 11.5 Å². The maximum Gasteiger partial charge on any atom is 0.119 e. The predicted octanol–water partition coefficient (Wildman–Crippen LogP) is 5.20. The van der Waals surface area contributed by atoms with Gasteiger partial charge in [-0.3, -0.25) is 0 Å². The molecule has 0 radical (unpaired) electrons. The van der Waals surface area contributed by atoms with Crippen molar-refractivity contribution >= 4 is 21.8 Å². The van der Waals surface area contributed by atoms with Crippen molar-refractivity contribution in [1.82, 2.24) is 4.57 Å². The third-order valence-electron chi connectivity index (χ3n) is 5.27. The fourth-order valence-electron chi connectivity index (χ4n) is 3.87. The molecule has 1 unspecified atom stereocenters. The second kappa shape index (κ2) is 8.58. The van der Waals surface area contributed by atoms with Crippen molar-refractivity contribution in [2.24, 2.45) is 0 Å². The minimum atomic E-state index is -0.619. The number of nitrogens with zero attached hydrogens (tertiary/aromatic N) is 1. The molecule has 4 nitrogen and oxygen atoms in total. The smallest absolute Gasteiger partial charge is 0.119 e. The van der Waals surface area contributed by atoms with Crippen molar-refractivity contribution < 1.29 is 14.6 Å². The van der Waals surface area contributed by atoms with Gasteiger partial charge >= 0.3 is 0 Å². The van der Waals surface area contributed by atoms with E-state index in [1.54, 1.807) is 7.11 Å². The van der Waals surface area contributed by atoms with E-state index in [-0.39, 0.29) is 6.61 Å². The molecule has 0 spiro atoms. The summed E-state index contributed by atoms with van der Waals surface area (Å²) in [6.07, 6.45) is 1.59. The van der Waals surface area contributed by atoms with E-state index in [0.29, 0.717) is 6.54 Å². The zero-order chi connectivity index (χ0) is 20.2. The first-order chi connectivity index (χ1) is 14.2. The van der Waals surface area contributed by atoms with Gasteiger partial charge in [-0.2, -0.15) is 0 Å². The van der Waals surface area contributed by atoms with E-state index in [1.165, 1.54) is 16.3 Å². The highest BCUT2D eigenvalue weighted by atomic mass is 16.5. The van der Waals surface area contributed by atoms with Crippen molar-refractivity contribution in [3.05, 3.63) is 72.3 Å². The molecule has 4 rings (SSSR count). The molecule has 3 aromatic carbocycles. The zero-order valence-electron chi connectivity index (χ0n) is 17.0. The molecular formula is C25H27NO3. The Labute approximate surface area is 171 Å². The van der Waals surface area contributed by atoms with Gasteiger partial charge in [-0.25, -0.2) is 0 Å². The predicted molar refractivity (Wildman–Crippen MR) is 118 cm³/mol. The Morgan fingerprint density at radius 1 is 0.897 bits per heavy atom. The first-order valence-corrected chi connectivity index (χ1v) is 10.1. The maximum absolute atomic E-state index is 10.7. The topological polar surface area (TPSA) is 43.6 Å². The molecule has 0 saturated carbocycles. The Morgan fingerprint density at radius 3 is 2.38 bits per heavy atom. The molecule has 29 heavy (non-hydrogen) atoms. The first-order valence-electron chi connectivity index (χ1n) is 10.1. The SMILES string of the molecule is CCCc1ccc2c(c1)c1ccccc1n2CC(O)COc1ccc(OC)cc1. The van der Waals surface area contributed by atoms with Crippen LogP contribution in [0.15, 0.2) is 66.7 Å². The molecule has 1 aromatic heterocycles. The van der Waals surface area contributed by atoms with E-state index < -0.39 is 6.10 Å². The number of aryl methyl sites for hydroxylation is 1. The number of aromatic nitrogens is 1. The summed E-state index contributed by atoms with van der Waals surface area (Å²) in [7, 11) is 1.64. The second-order valence-electron chi connectivity index (χ2n) is 7.37. The molecule has 0 bridgehead atoms. The van der Waals surface area contributed by atoms with E-state index >= 15 is 0 Å². The zero-order valence-corrected chi connectivity index (χ0v) is 17.0. The van der Waals surface area contributed by atoms with Gasteiger partial charge in [0.25, 0.3) is 0 Å². The van der Waals surface area contributed by atoms with Gasteiger partial charge in [0.15, 0.2) is 0 Å². The highest BCUT2D eigenvalue weighted by molar-refractivity contribution is 6.08. The summed E-state index contributed by atoms with van der Waals surface area (Å²) in [5, 5.41) is 13.1. The number of para-hydroxylation sites is 1. The average molecular weight is 389 g/mol. The number of methoxy groups -OCH3 is 1. The van der Waals surface area contributed by atoms with Gasteiger partial charge in [0.1, 0.15) is 24.2 Å². The molecule has 4 heteroatoms. The van der Waals surface area contributed by atoms with Crippen LogP contribution < -0.4 is 9.47 Å². The molecule has 0 amide bonds. The molecule has 0 aliphatic heterocycles. The third-order valence-corrected chi connectivity index (χ3v) is 5.27. The number of aliphatic hydroxyl groups is 1. The highest BCUT2D eigenvalue weighted by Gasteiger charge is 2.14. The normalized spacial score (nSPS) is 12.4. The van der Waals surface area contributed by atoms with E-state index in [2.05, 4.69) is 47.9 Å². The molecule has 0 aliphatic rings. The summed E-state index contributed by atoms with van der Waals surface area (Å²) in [4.78, 5) is 0. The highest BCUT2D eigenvalue weighted by Crippen LogP contribution is 2.30. The van der Waals surface area contributed by atoms with E-state index in [0.717, 1.165) is 35.4 Å². The lowest BCUT2D eigenvalue weighted by Crippen LogP contribution is -2.23. The monoisotopic (exact) mass is 389 g/mol. The number of ether oxygens (including phenoxy) is 2. The van der Waals surface area contributed by atoms with Gasteiger partial charge in [-0.15, -0.1) is 0 Å².